The summed E-state index contributed by atoms with van der Waals surface area (Å²) in [6.07, 6.45) is 4.02. The summed E-state index contributed by atoms with van der Waals surface area (Å²) in [5, 5.41) is 2.27. The van der Waals surface area contributed by atoms with Gasteiger partial charge in [-0.2, -0.15) is 0 Å². The van der Waals surface area contributed by atoms with E-state index in [1.807, 2.05) is 24.3 Å². The molecule has 1 fully saturated rings. The Labute approximate surface area is 215 Å². The molecule has 180 valence electrons. The number of nitrogens with zero attached hydrogens (tertiary/aromatic N) is 2. The number of hydrogen-bond acceptors (Lipinski definition) is 4. The van der Waals surface area contributed by atoms with Crippen LogP contribution in [0.3, 0.4) is 0 Å². The maximum Gasteiger partial charge on any atom is 0.253 e. The highest BCUT2D eigenvalue weighted by atomic mass is 35.5. The Morgan fingerprint density at radius 2 is 1.57 bits per heavy atom. The first-order valence-electron chi connectivity index (χ1n) is 10.9. The molecule has 0 saturated carbocycles. The molecule has 6 nitrogen and oxygen atoms in total. The van der Waals surface area contributed by atoms with Gasteiger partial charge in [-0.25, -0.2) is 13.1 Å². The van der Waals surface area contributed by atoms with Gasteiger partial charge in [0.2, 0.25) is 10.0 Å². The minimum atomic E-state index is -3.72. The molecule has 35 heavy (non-hydrogen) atoms. The van der Waals surface area contributed by atoms with Crippen molar-refractivity contribution in [2.45, 2.75) is 17.4 Å². The molecular weight excluding hydrogens is 505 g/mol. The number of likely N-dealkylation sites (tertiary alicyclic amines) is 1. The van der Waals surface area contributed by atoms with E-state index < -0.39 is 10.0 Å². The zero-order valence-electron chi connectivity index (χ0n) is 18.6. The van der Waals surface area contributed by atoms with Gasteiger partial charge in [-0.3, -0.25) is 9.78 Å². The van der Waals surface area contributed by atoms with Gasteiger partial charge in [-0.05, 0) is 76.9 Å². The number of halogens is 2. The highest BCUT2D eigenvalue weighted by Gasteiger charge is 2.30. The predicted octanol–water partition coefficient (Wildman–Crippen LogP) is 5.17. The van der Waals surface area contributed by atoms with Crippen molar-refractivity contribution in [1.82, 2.24) is 14.6 Å². The van der Waals surface area contributed by atoms with Gasteiger partial charge < -0.3 is 4.90 Å². The molecule has 1 saturated heterocycles. The number of pyridine rings is 1. The van der Waals surface area contributed by atoms with Gasteiger partial charge in [0, 0.05) is 42.1 Å². The summed E-state index contributed by atoms with van der Waals surface area (Å²) in [5.74, 6) is -0.106. The number of rotatable bonds is 5. The molecule has 5 rings (SSSR count). The summed E-state index contributed by atoms with van der Waals surface area (Å²) in [4.78, 5) is 18.9. The van der Waals surface area contributed by atoms with Crippen molar-refractivity contribution in [3.63, 3.8) is 0 Å². The molecule has 0 radical (unpaired) electrons. The van der Waals surface area contributed by atoms with E-state index in [1.54, 1.807) is 65.8 Å². The molecule has 4 aromatic rings. The summed E-state index contributed by atoms with van der Waals surface area (Å²) in [6.45, 7) is 0.821. The highest BCUT2D eigenvalue weighted by molar-refractivity contribution is 7.89. The fourth-order valence-electron chi connectivity index (χ4n) is 4.22. The van der Waals surface area contributed by atoms with Crippen LogP contribution in [-0.2, 0) is 10.0 Å². The molecule has 1 amide bonds. The molecule has 0 bridgehead atoms. The zero-order chi connectivity index (χ0) is 23.7. The van der Waals surface area contributed by atoms with E-state index in [-0.39, 0.29) is 29.3 Å². The Morgan fingerprint density at radius 3 is 2.31 bits per heavy atom. The maximum absolute atomic E-state index is 13.0. The number of nitrogens with one attached hydrogen (secondary N) is 1. The fourth-order valence-corrected chi connectivity index (χ4v) is 5.70. The number of fused-ring (bicyclic) bond motifs is 1. The second-order valence-electron chi connectivity index (χ2n) is 8.32. The lowest BCUT2D eigenvalue weighted by molar-refractivity contribution is 0.0790. The number of aromatic nitrogens is 1. The highest BCUT2D eigenvalue weighted by Crippen LogP contribution is 2.24. The van der Waals surface area contributed by atoms with E-state index >= 15 is 0 Å². The summed E-state index contributed by atoms with van der Waals surface area (Å²) in [5.41, 5.74) is 2.61. The Kier molecular flexibility index (Phi) is 7.42. The zero-order valence-corrected chi connectivity index (χ0v) is 21.0. The Morgan fingerprint density at radius 1 is 0.914 bits per heavy atom. The molecule has 1 aromatic heterocycles. The van der Waals surface area contributed by atoms with Gasteiger partial charge in [-0.1, -0.05) is 35.9 Å². The number of amides is 1. The van der Waals surface area contributed by atoms with Crippen molar-refractivity contribution in [2.75, 3.05) is 13.1 Å². The van der Waals surface area contributed by atoms with Gasteiger partial charge in [0.1, 0.15) is 0 Å². The molecule has 3 aromatic carbocycles. The van der Waals surface area contributed by atoms with Gasteiger partial charge in [0.25, 0.3) is 5.91 Å². The van der Waals surface area contributed by atoms with E-state index in [1.165, 1.54) is 0 Å². The second kappa shape index (κ2) is 10.3. The smallest absolute Gasteiger partial charge is 0.253 e. The van der Waals surface area contributed by atoms with E-state index in [9.17, 15) is 13.2 Å². The van der Waals surface area contributed by atoms with Crippen molar-refractivity contribution < 1.29 is 13.2 Å². The van der Waals surface area contributed by atoms with Crippen molar-refractivity contribution >= 4 is 50.7 Å². The van der Waals surface area contributed by atoms with Gasteiger partial charge in [0.15, 0.2) is 0 Å². The second-order valence-corrected chi connectivity index (χ2v) is 10.5. The first-order valence-corrected chi connectivity index (χ1v) is 12.8. The summed E-state index contributed by atoms with van der Waals surface area (Å²) < 4.78 is 28.7. The van der Waals surface area contributed by atoms with Crippen LogP contribution in [-0.4, -0.2) is 43.3 Å². The maximum atomic E-state index is 13.0. The third kappa shape index (κ3) is 5.49. The molecule has 0 spiro atoms. The lowest BCUT2D eigenvalue weighted by Crippen LogP contribution is -2.38. The summed E-state index contributed by atoms with van der Waals surface area (Å²) in [7, 11) is -3.72. The monoisotopic (exact) mass is 527 g/mol. The van der Waals surface area contributed by atoms with Gasteiger partial charge >= 0.3 is 0 Å². The number of benzene rings is 3. The van der Waals surface area contributed by atoms with Crippen LogP contribution in [0.1, 0.15) is 16.8 Å². The molecule has 1 N–H and O–H groups in total. The molecule has 2 heterocycles. The van der Waals surface area contributed by atoms with Crippen molar-refractivity contribution in [3.8, 4) is 11.1 Å². The quantitative estimate of drug-likeness (QED) is 0.388. The third-order valence-electron chi connectivity index (χ3n) is 6.03. The molecule has 1 atom stereocenters. The number of hydrogen-bond donors (Lipinski definition) is 1. The number of carbonyl (C=O) groups is 1. The Balaban J connectivity index is 0.00000289. The molecular formula is C26H23Cl2N3O3S. The van der Waals surface area contributed by atoms with E-state index in [4.69, 9.17) is 11.6 Å². The average Bonchev–Trinajstić information content (AvgIpc) is 3.31. The predicted molar refractivity (Wildman–Crippen MR) is 141 cm³/mol. The normalized spacial score (nSPS) is 15.7. The lowest BCUT2D eigenvalue weighted by Gasteiger charge is -2.18. The lowest BCUT2D eigenvalue weighted by atomic mass is 10.0. The first kappa shape index (κ1) is 25.1. The minimum absolute atomic E-state index is 0. The van der Waals surface area contributed by atoms with Gasteiger partial charge in [-0.15, -0.1) is 12.4 Å². The SMILES string of the molecule is Cl.O=C(c1ccc(-c2ccncc2)cc1)N1CCC(NS(=O)(=O)c2ccc3cc(Cl)ccc3c2)C1. The van der Waals surface area contributed by atoms with E-state index in [0.717, 1.165) is 21.9 Å². The van der Waals surface area contributed by atoms with Crippen LogP contribution in [0.2, 0.25) is 5.02 Å². The van der Waals surface area contributed by atoms with Crippen LogP contribution < -0.4 is 4.72 Å². The van der Waals surface area contributed by atoms with Crippen molar-refractivity contribution in [2.24, 2.45) is 0 Å². The van der Waals surface area contributed by atoms with Crippen LogP contribution in [0.5, 0.6) is 0 Å². The van der Waals surface area contributed by atoms with E-state index in [0.29, 0.717) is 30.1 Å². The molecule has 1 aliphatic heterocycles. The minimum Gasteiger partial charge on any atom is -0.337 e. The molecule has 1 aliphatic rings. The van der Waals surface area contributed by atoms with Crippen LogP contribution in [0.4, 0.5) is 0 Å². The topological polar surface area (TPSA) is 79.4 Å². The number of sulfonamides is 1. The number of carbonyl (C=O) groups excluding carboxylic acids is 1. The Hall–Kier alpha value is -2.97. The van der Waals surface area contributed by atoms with Crippen LogP contribution in [0, 0.1) is 0 Å². The van der Waals surface area contributed by atoms with Gasteiger partial charge in [0.05, 0.1) is 4.90 Å². The third-order valence-corrected chi connectivity index (χ3v) is 7.78. The van der Waals surface area contributed by atoms with Crippen LogP contribution in [0.15, 0.2) is 90.1 Å². The largest absolute Gasteiger partial charge is 0.337 e. The van der Waals surface area contributed by atoms with Crippen molar-refractivity contribution in [1.29, 1.82) is 0 Å². The summed E-state index contributed by atoms with van der Waals surface area (Å²) >= 11 is 6.02. The molecule has 1 unspecified atom stereocenters. The Bertz CT molecular complexity index is 1460. The van der Waals surface area contributed by atoms with Crippen molar-refractivity contribution in [3.05, 3.63) is 95.8 Å². The average molecular weight is 528 g/mol. The standard InChI is InChI=1S/C26H22ClN3O3S.ClH/c27-23-7-5-22-16-25(8-6-21(22)15-23)34(32,33)29-24-11-14-30(17-24)26(31)20-3-1-18(2-4-20)19-9-12-28-13-10-19;/h1-10,12-13,15-16,24,29H,11,14,17H2;1H. The summed E-state index contributed by atoms with van der Waals surface area (Å²) in [6, 6.07) is 21.2. The van der Waals surface area contributed by atoms with E-state index in [2.05, 4.69) is 9.71 Å². The molecule has 0 aliphatic carbocycles. The molecule has 9 heteroatoms. The first-order chi connectivity index (χ1) is 16.4. The fraction of sp³-hybridized carbons (Fsp3) is 0.154. The van der Waals surface area contributed by atoms with Crippen LogP contribution >= 0.6 is 24.0 Å². The van der Waals surface area contributed by atoms with Crippen LogP contribution in [0.25, 0.3) is 21.9 Å².